The molecular weight excluding hydrogens is 286 g/mol. The van der Waals surface area contributed by atoms with Crippen LogP contribution in [0.15, 0.2) is 42.5 Å². The van der Waals surface area contributed by atoms with Crippen LogP contribution in [0.2, 0.25) is 0 Å². The highest BCUT2D eigenvalue weighted by atomic mass is 16.2. The van der Waals surface area contributed by atoms with Crippen molar-refractivity contribution in [3.8, 4) is 0 Å². The Balaban J connectivity index is 1.67. The number of para-hydroxylation sites is 1. The van der Waals surface area contributed by atoms with E-state index in [1.807, 2.05) is 17.0 Å². The number of anilines is 2. The highest BCUT2D eigenvalue weighted by Crippen LogP contribution is 2.21. The van der Waals surface area contributed by atoms with Gasteiger partial charge in [-0.05, 0) is 49.2 Å². The number of nitrogens with two attached hydrogens (primary N) is 1. The molecule has 0 saturated carbocycles. The third kappa shape index (κ3) is 3.16. The minimum atomic E-state index is 0.0304. The molecule has 1 heterocycles. The Hall–Kier alpha value is -2.49. The number of nitrogens with zero attached hydrogens (tertiary/aromatic N) is 2. The second-order valence-electron chi connectivity index (χ2n) is 6.14. The van der Waals surface area contributed by atoms with E-state index in [9.17, 15) is 4.79 Å². The lowest BCUT2D eigenvalue weighted by molar-refractivity contribution is 0.0748. The average Bonchev–Trinajstić information content (AvgIpc) is 2.57. The second kappa shape index (κ2) is 6.32. The van der Waals surface area contributed by atoms with Crippen molar-refractivity contribution in [2.24, 2.45) is 0 Å². The maximum atomic E-state index is 12.6. The Bertz CT molecular complexity index is 718. The van der Waals surface area contributed by atoms with Gasteiger partial charge in [-0.1, -0.05) is 18.2 Å². The molecule has 1 fully saturated rings. The molecule has 23 heavy (non-hydrogen) atoms. The molecule has 4 nitrogen and oxygen atoms in total. The molecule has 0 radical (unpaired) electrons. The van der Waals surface area contributed by atoms with Gasteiger partial charge in [-0.2, -0.15) is 0 Å². The van der Waals surface area contributed by atoms with Crippen LogP contribution in [0.5, 0.6) is 0 Å². The number of amides is 1. The smallest absolute Gasteiger partial charge is 0.256 e. The summed E-state index contributed by atoms with van der Waals surface area (Å²) in [6.07, 6.45) is 0. The number of carbonyl (C=O) groups excluding carboxylic acids is 1. The fraction of sp³-hybridized carbons (Fsp3) is 0.316. The molecular formula is C19H23N3O. The van der Waals surface area contributed by atoms with Gasteiger partial charge in [0, 0.05) is 37.6 Å². The van der Waals surface area contributed by atoms with Gasteiger partial charge in [0.15, 0.2) is 0 Å². The summed E-state index contributed by atoms with van der Waals surface area (Å²) in [5.74, 6) is 0.0304. The standard InChI is InChI=1S/C19H23N3O/c1-14-7-8-16(13-15(14)2)21-9-11-22(12-10-21)19(23)17-5-3-4-6-18(17)20/h3-8,13H,9-12,20H2,1-2H3. The summed E-state index contributed by atoms with van der Waals surface area (Å²) in [6.45, 7) is 7.40. The fourth-order valence-corrected chi connectivity index (χ4v) is 2.95. The van der Waals surface area contributed by atoms with E-state index < -0.39 is 0 Å². The van der Waals surface area contributed by atoms with E-state index in [0.717, 1.165) is 26.2 Å². The minimum Gasteiger partial charge on any atom is -0.398 e. The highest BCUT2D eigenvalue weighted by Gasteiger charge is 2.23. The summed E-state index contributed by atoms with van der Waals surface area (Å²) >= 11 is 0. The molecule has 1 amide bonds. The third-order valence-corrected chi connectivity index (χ3v) is 4.61. The molecule has 0 atom stereocenters. The van der Waals surface area contributed by atoms with Crippen molar-refractivity contribution in [2.45, 2.75) is 13.8 Å². The summed E-state index contributed by atoms with van der Waals surface area (Å²) in [5.41, 5.74) is 10.9. The van der Waals surface area contributed by atoms with Gasteiger partial charge in [-0.15, -0.1) is 0 Å². The molecule has 120 valence electrons. The van der Waals surface area contributed by atoms with Crippen molar-refractivity contribution in [2.75, 3.05) is 36.8 Å². The number of aryl methyl sites for hydroxylation is 2. The van der Waals surface area contributed by atoms with Gasteiger partial charge in [0.2, 0.25) is 0 Å². The van der Waals surface area contributed by atoms with Crippen LogP contribution in [-0.2, 0) is 0 Å². The SMILES string of the molecule is Cc1ccc(N2CCN(C(=O)c3ccccc3N)CC2)cc1C. The van der Waals surface area contributed by atoms with Gasteiger partial charge in [-0.25, -0.2) is 0 Å². The Morgan fingerprint density at radius 2 is 1.65 bits per heavy atom. The van der Waals surface area contributed by atoms with E-state index in [4.69, 9.17) is 5.73 Å². The number of carbonyl (C=O) groups is 1. The van der Waals surface area contributed by atoms with E-state index >= 15 is 0 Å². The third-order valence-electron chi connectivity index (χ3n) is 4.61. The molecule has 2 aromatic rings. The zero-order chi connectivity index (χ0) is 16.4. The Labute approximate surface area is 137 Å². The van der Waals surface area contributed by atoms with Crippen molar-refractivity contribution in [3.63, 3.8) is 0 Å². The number of piperazine rings is 1. The van der Waals surface area contributed by atoms with Crippen LogP contribution in [0.1, 0.15) is 21.5 Å². The summed E-state index contributed by atoms with van der Waals surface area (Å²) in [6, 6.07) is 13.8. The molecule has 0 aliphatic carbocycles. The first-order valence-electron chi connectivity index (χ1n) is 8.02. The van der Waals surface area contributed by atoms with Crippen LogP contribution in [0.4, 0.5) is 11.4 Å². The first kappa shape index (κ1) is 15.4. The second-order valence-corrected chi connectivity index (χ2v) is 6.14. The van der Waals surface area contributed by atoms with Crippen molar-refractivity contribution >= 4 is 17.3 Å². The minimum absolute atomic E-state index is 0.0304. The van der Waals surface area contributed by atoms with Gasteiger partial charge in [0.25, 0.3) is 5.91 Å². The van der Waals surface area contributed by atoms with Crippen molar-refractivity contribution < 1.29 is 4.79 Å². The van der Waals surface area contributed by atoms with Crippen LogP contribution in [0, 0.1) is 13.8 Å². The lowest BCUT2D eigenvalue weighted by atomic mass is 10.1. The lowest BCUT2D eigenvalue weighted by Gasteiger charge is -2.36. The molecule has 2 N–H and O–H groups in total. The zero-order valence-electron chi connectivity index (χ0n) is 13.7. The van der Waals surface area contributed by atoms with E-state index in [-0.39, 0.29) is 5.91 Å². The molecule has 2 aromatic carbocycles. The van der Waals surface area contributed by atoms with Crippen LogP contribution in [0.25, 0.3) is 0 Å². The summed E-state index contributed by atoms with van der Waals surface area (Å²) in [5, 5.41) is 0. The van der Waals surface area contributed by atoms with Crippen molar-refractivity contribution in [1.29, 1.82) is 0 Å². The van der Waals surface area contributed by atoms with Crippen LogP contribution < -0.4 is 10.6 Å². The van der Waals surface area contributed by atoms with Gasteiger partial charge in [0.1, 0.15) is 0 Å². The lowest BCUT2D eigenvalue weighted by Crippen LogP contribution is -2.49. The van der Waals surface area contributed by atoms with E-state index in [1.54, 1.807) is 12.1 Å². The van der Waals surface area contributed by atoms with Gasteiger partial charge < -0.3 is 15.5 Å². The summed E-state index contributed by atoms with van der Waals surface area (Å²) in [7, 11) is 0. The number of hydrogen-bond acceptors (Lipinski definition) is 3. The van der Waals surface area contributed by atoms with E-state index in [1.165, 1.54) is 16.8 Å². The van der Waals surface area contributed by atoms with Crippen molar-refractivity contribution in [3.05, 3.63) is 59.2 Å². The number of benzene rings is 2. The zero-order valence-corrected chi connectivity index (χ0v) is 13.7. The predicted octanol–water partition coefficient (Wildman–Crippen LogP) is 2.85. The van der Waals surface area contributed by atoms with Crippen LogP contribution >= 0.6 is 0 Å². The number of nitrogen functional groups attached to an aromatic ring is 1. The maximum Gasteiger partial charge on any atom is 0.256 e. The van der Waals surface area contributed by atoms with Gasteiger partial charge in [0.05, 0.1) is 5.56 Å². The van der Waals surface area contributed by atoms with Crippen molar-refractivity contribution in [1.82, 2.24) is 4.90 Å². The van der Waals surface area contributed by atoms with Gasteiger partial charge >= 0.3 is 0 Å². The van der Waals surface area contributed by atoms with Gasteiger partial charge in [-0.3, -0.25) is 4.79 Å². The molecule has 0 spiro atoms. The quantitative estimate of drug-likeness (QED) is 0.868. The fourth-order valence-electron chi connectivity index (χ4n) is 2.95. The molecule has 0 bridgehead atoms. The van der Waals surface area contributed by atoms with Crippen LogP contribution in [-0.4, -0.2) is 37.0 Å². The molecule has 0 aromatic heterocycles. The highest BCUT2D eigenvalue weighted by molar-refractivity contribution is 5.99. The molecule has 3 rings (SSSR count). The first-order chi connectivity index (χ1) is 11.1. The Kier molecular flexibility index (Phi) is 4.24. The summed E-state index contributed by atoms with van der Waals surface area (Å²) < 4.78 is 0. The van der Waals surface area contributed by atoms with E-state index in [0.29, 0.717) is 11.3 Å². The topological polar surface area (TPSA) is 49.6 Å². The molecule has 1 saturated heterocycles. The first-order valence-corrected chi connectivity index (χ1v) is 8.02. The maximum absolute atomic E-state index is 12.6. The Morgan fingerprint density at radius 3 is 2.30 bits per heavy atom. The largest absolute Gasteiger partial charge is 0.398 e. The Morgan fingerprint density at radius 1 is 0.957 bits per heavy atom. The molecule has 1 aliphatic rings. The average molecular weight is 309 g/mol. The number of hydrogen-bond donors (Lipinski definition) is 1. The normalized spacial score (nSPS) is 14.9. The monoisotopic (exact) mass is 309 g/mol. The molecule has 0 unspecified atom stereocenters. The summed E-state index contributed by atoms with van der Waals surface area (Å²) in [4.78, 5) is 16.8. The molecule has 1 aliphatic heterocycles. The molecule has 4 heteroatoms. The van der Waals surface area contributed by atoms with E-state index in [2.05, 4.69) is 36.9 Å². The number of rotatable bonds is 2. The van der Waals surface area contributed by atoms with Crippen LogP contribution in [0.3, 0.4) is 0 Å². The predicted molar refractivity (Wildman–Crippen MR) is 94.9 cm³/mol.